The second-order valence-corrected chi connectivity index (χ2v) is 5.95. The summed E-state index contributed by atoms with van der Waals surface area (Å²) < 4.78 is 14.0. The molecule has 1 atom stereocenters. The maximum absolute atomic E-state index is 14.0. The normalized spacial score (nSPS) is 24.5. The number of benzene rings is 1. The van der Waals surface area contributed by atoms with Gasteiger partial charge in [0.05, 0.1) is 5.41 Å². The molecule has 1 aliphatic heterocycles. The minimum absolute atomic E-state index is 0.0813. The standard InChI is InChI=1S/C16H21FN2O/c17-14-7-2-1-6-13(14)16(8-9-16)15(20)19-10-4-3-5-12(19)11-18/h1-2,6-7,12H,3-5,8-11,18H2. The van der Waals surface area contributed by atoms with Crippen LogP contribution in [0.1, 0.15) is 37.7 Å². The minimum Gasteiger partial charge on any atom is -0.338 e. The second-order valence-electron chi connectivity index (χ2n) is 5.95. The van der Waals surface area contributed by atoms with Gasteiger partial charge in [-0.1, -0.05) is 18.2 Å². The third-order valence-electron chi connectivity index (χ3n) is 4.71. The fraction of sp³-hybridized carbons (Fsp3) is 0.562. The Morgan fingerprint density at radius 2 is 2.10 bits per heavy atom. The molecule has 0 aromatic heterocycles. The maximum atomic E-state index is 14.0. The SMILES string of the molecule is NCC1CCCCN1C(=O)C1(c2ccccc2F)CC1. The number of halogens is 1. The van der Waals surface area contributed by atoms with Crippen molar-refractivity contribution in [2.75, 3.05) is 13.1 Å². The molecule has 1 unspecified atom stereocenters. The van der Waals surface area contributed by atoms with Crippen LogP contribution in [-0.4, -0.2) is 29.9 Å². The van der Waals surface area contributed by atoms with Crippen molar-refractivity contribution in [3.05, 3.63) is 35.6 Å². The highest BCUT2D eigenvalue weighted by atomic mass is 19.1. The third-order valence-corrected chi connectivity index (χ3v) is 4.71. The predicted molar refractivity (Wildman–Crippen MR) is 75.7 cm³/mol. The van der Waals surface area contributed by atoms with E-state index in [1.54, 1.807) is 12.1 Å². The minimum atomic E-state index is -0.615. The third kappa shape index (κ3) is 2.12. The molecule has 1 saturated heterocycles. The van der Waals surface area contributed by atoms with E-state index in [-0.39, 0.29) is 17.8 Å². The number of likely N-dealkylation sites (tertiary alicyclic amines) is 1. The van der Waals surface area contributed by atoms with Gasteiger partial charge >= 0.3 is 0 Å². The van der Waals surface area contributed by atoms with Crippen molar-refractivity contribution in [3.8, 4) is 0 Å². The number of nitrogens with two attached hydrogens (primary N) is 1. The molecule has 2 fully saturated rings. The van der Waals surface area contributed by atoms with Crippen LogP contribution in [0.25, 0.3) is 0 Å². The van der Waals surface area contributed by atoms with E-state index in [4.69, 9.17) is 5.73 Å². The van der Waals surface area contributed by atoms with Gasteiger partial charge in [-0.15, -0.1) is 0 Å². The molecule has 1 aromatic carbocycles. The van der Waals surface area contributed by atoms with Crippen LogP contribution in [0.5, 0.6) is 0 Å². The number of carbonyl (C=O) groups is 1. The Bertz CT molecular complexity index is 513. The van der Waals surface area contributed by atoms with Crippen molar-refractivity contribution in [1.29, 1.82) is 0 Å². The van der Waals surface area contributed by atoms with E-state index in [0.29, 0.717) is 12.1 Å². The Balaban J connectivity index is 1.88. The fourth-order valence-corrected chi connectivity index (χ4v) is 3.36. The molecule has 20 heavy (non-hydrogen) atoms. The molecule has 1 aromatic rings. The van der Waals surface area contributed by atoms with Crippen molar-refractivity contribution in [2.45, 2.75) is 43.6 Å². The van der Waals surface area contributed by atoms with Gasteiger partial charge in [0.2, 0.25) is 5.91 Å². The van der Waals surface area contributed by atoms with Crippen molar-refractivity contribution in [1.82, 2.24) is 4.90 Å². The van der Waals surface area contributed by atoms with Gasteiger partial charge in [0.15, 0.2) is 0 Å². The summed E-state index contributed by atoms with van der Waals surface area (Å²) in [5.74, 6) is -0.183. The quantitative estimate of drug-likeness (QED) is 0.920. The highest BCUT2D eigenvalue weighted by Gasteiger charge is 2.55. The molecule has 1 heterocycles. The lowest BCUT2D eigenvalue weighted by atomic mass is 9.91. The van der Waals surface area contributed by atoms with E-state index in [9.17, 15) is 9.18 Å². The topological polar surface area (TPSA) is 46.3 Å². The van der Waals surface area contributed by atoms with Gasteiger partial charge in [0.25, 0.3) is 0 Å². The van der Waals surface area contributed by atoms with Crippen LogP contribution in [0, 0.1) is 5.82 Å². The molecule has 1 amide bonds. The summed E-state index contributed by atoms with van der Waals surface area (Å²) in [5, 5.41) is 0. The van der Waals surface area contributed by atoms with E-state index < -0.39 is 5.41 Å². The Kier molecular flexibility index (Phi) is 3.50. The summed E-state index contributed by atoms with van der Waals surface area (Å²) in [6, 6.07) is 6.80. The zero-order chi connectivity index (χ0) is 14.2. The predicted octanol–water partition coefficient (Wildman–Crippen LogP) is 2.20. The Morgan fingerprint density at radius 3 is 2.75 bits per heavy atom. The Morgan fingerprint density at radius 1 is 1.35 bits per heavy atom. The van der Waals surface area contributed by atoms with E-state index in [1.165, 1.54) is 6.07 Å². The molecule has 2 N–H and O–H groups in total. The average Bonchev–Trinajstić information content (AvgIpc) is 3.28. The lowest BCUT2D eigenvalue weighted by Gasteiger charge is -2.37. The second kappa shape index (κ2) is 5.17. The number of amides is 1. The smallest absolute Gasteiger partial charge is 0.233 e. The summed E-state index contributed by atoms with van der Waals surface area (Å²) in [4.78, 5) is 14.8. The first-order valence-electron chi connectivity index (χ1n) is 7.45. The van der Waals surface area contributed by atoms with Gasteiger partial charge in [-0.3, -0.25) is 4.79 Å². The number of rotatable bonds is 3. The van der Waals surface area contributed by atoms with Crippen LogP contribution in [0.3, 0.4) is 0 Å². The van der Waals surface area contributed by atoms with Crippen LogP contribution >= 0.6 is 0 Å². The van der Waals surface area contributed by atoms with Gasteiger partial charge in [0.1, 0.15) is 5.82 Å². The number of carbonyl (C=O) groups excluding carboxylic acids is 1. The molecule has 4 heteroatoms. The molecule has 3 nitrogen and oxygen atoms in total. The number of nitrogens with zero attached hydrogens (tertiary/aromatic N) is 1. The zero-order valence-electron chi connectivity index (χ0n) is 11.6. The van der Waals surface area contributed by atoms with Crippen LogP contribution in [0.4, 0.5) is 4.39 Å². The van der Waals surface area contributed by atoms with E-state index >= 15 is 0 Å². The highest BCUT2D eigenvalue weighted by molar-refractivity contribution is 5.91. The fourth-order valence-electron chi connectivity index (χ4n) is 3.36. The molecule has 0 spiro atoms. The van der Waals surface area contributed by atoms with Crippen LogP contribution in [-0.2, 0) is 10.2 Å². The number of piperidine rings is 1. The molecule has 2 aliphatic rings. The van der Waals surface area contributed by atoms with Crippen LogP contribution in [0.2, 0.25) is 0 Å². The van der Waals surface area contributed by atoms with Crippen molar-refractivity contribution >= 4 is 5.91 Å². The monoisotopic (exact) mass is 276 g/mol. The Hall–Kier alpha value is -1.42. The van der Waals surface area contributed by atoms with E-state index in [0.717, 1.165) is 38.6 Å². The first-order chi connectivity index (χ1) is 9.69. The molecule has 0 bridgehead atoms. The summed E-state index contributed by atoms with van der Waals surface area (Å²) in [6.07, 6.45) is 4.62. The lowest BCUT2D eigenvalue weighted by Crippen LogP contribution is -2.51. The number of hydrogen-bond donors (Lipinski definition) is 1. The largest absolute Gasteiger partial charge is 0.338 e. The average molecular weight is 276 g/mol. The first-order valence-corrected chi connectivity index (χ1v) is 7.45. The van der Waals surface area contributed by atoms with Crippen molar-refractivity contribution in [3.63, 3.8) is 0 Å². The van der Waals surface area contributed by atoms with Crippen LogP contribution in [0.15, 0.2) is 24.3 Å². The van der Waals surface area contributed by atoms with E-state index in [1.807, 2.05) is 11.0 Å². The van der Waals surface area contributed by atoms with Gasteiger partial charge in [0, 0.05) is 24.7 Å². The summed E-state index contributed by atoms with van der Waals surface area (Å²) >= 11 is 0. The van der Waals surface area contributed by atoms with E-state index in [2.05, 4.69) is 0 Å². The molecule has 0 radical (unpaired) electrons. The number of hydrogen-bond acceptors (Lipinski definition) is 2. The van der Waals surface area contributed by atoms with Crippen molar-refractivity contribution in [2.24, 2.45) is 5.73 Å². The zero-order valence-corrected chi connectivity index (χ0v) is 11.6. The molecular weight excluding hydrogens is 255 g/mol. The summed E-state index contributed by atoms with van der Waals surface area (Å²) in [6.45, 7) is 1.26. The molecular formula is C16H21FN2O. The first kappa shape index (κ1) is 13.6. The van der Waals surface area contributed by atoms with Crippen molar-refractivity contribution < 1.29 is 9.18 Å². The van der Waals surface area contributed by atoms with Gasteiger partial charge in [-0.05, 0) is 38.2 Å². The van der Waals surface area contributed by atoms with Gasteiger partial charge < -0.3 is 10.6 Å². The summed E-state index contributed by atoms with van der Waals surface area (Å²) in [5.41, 5.74) is 5.74. The maximum Gasteiger partial charge on any atom is 0.233 e. The summed E-state index contributed by atoms with van der Waals surface area (Å²) in [7, 11) is 0. The van der Waals surface area contributed by atoms with Crippen LogP contribution < -0.4 is 5.73 Å². The molecule has 1 saturated carbocycles. The molecule has 108 valence electrons. The van der Waals surface area contributed by atoms with Gasteiger partial charge in [-0.25, -0.2) is 4.39 Å². The molecule has 3 rings (SSSR count). The highest BCUT2D eigenvalue weighted by Crippen LogP contribution is 2.51. The Labute approximate surface area is 118 Å². The lowest BCUT2D eigenvalue weighted by molar-refractivity contribution is -0.137. The molecule has 1 aliphatic carbocycles. The van der Waals surface area contributed by atoms with Gasteiger partial charge in [-0.2, -0.15) is 0 Å².